The van der Waals surface area contributed by atoms with Crippen molar-refractivity contribution >= 4 is 0 Å². The molecule has 2 unspecified atom stereocenters. The molecule has 13 heavy (non-hydrogen) atoms. The Morgan fingerprint density at radius 3 is 2.92 bits per heavy atom. The third kappa shape index (κ3) is 1.77. The van der Waals surface area contributed by atoms with Crippen LogP contribution in [0.1, 0.15) is 26.7 Å². The summed E-state index contributed by atoms with van der Waals surface area (Å²) >= 11 is 0. The third-order valence-electron chi connectivity index (χ3n) is 3.11. The first kappa shape index (κ1) is 8.80. The van der Waals surface area contributed by atoms with E-state index in [-0.39, 0.29) is 0 Å². The molecule has 2 aliphatic carbocycles. The lowest BCUT2D eigenvalue weighted by Crippen LogP contribution is -2.15. The molecule has 0 heterocycles. The largest absolute Gasteiger partial charge is 0.0879 e. The molecule has 0 aliphatic heterocycles. The van der Waals surface area contributed by atoms with Crippen LogP contribution in [0.2, 0.25) is 0 Å². The van der Waals surface area contributed by atoms with E-state index in [1.165, 1.54) is 18.4 Å². The lowest BCUT2D eigenvalue weighted by atomic mass is 9.78. The first-order valence-corrected chi connectivity index (χ1v) is 5.34. The summed E-state index contributed by atoms with van der Waals surface area (Å²) in [4.78, 5) is 0. The highest BCUT2D eigenvalue weighted by Crippen LogP contribution is 2.33. The maximum atomic E-state index is 2.45. The Bertz CT molecular complexity index is 266. The number of hydrogen-bond donors (Lipinski definition) is 0. The van der Waals surface area contributed by atoms with Crippen LogP contribution in [0.25, 0.3) is 0 Å². The molecular formula is C13H18. The van der Waals surface area contributed by atoms with Crippen LogP contribution in [0.15, 0.2) is 36.0 Å². The van der Waals surface area contributed by atoms with Crippen molar-refractivity contribution in [3.8, 4) is 0 Å². The molecule has 0 bridgehead atoms. The van der Waals surface area contributed by atoms with Gasteiger partial charge in [-0.15, -0.1) is 0 Å². The van der Waals surface area contributed by atoms with Crippen molar-refractivity contribution in [2.45, 2.75) is 26.7 Å². The second kappa shape index (κ2) is 3.53. The van der Waals surface area contributed by atoms with Gasteiger partial charge >= 0.3 is 0 Å². The lowest BCUT2D eigenvalue weighted by molar-refractivity contribution is 0.484. The molecule has 0 heteroatoms. The monoisotopic (exact) mass is 174 g/mol. The Kier molecular flexibility index (Phi) is 2.39. The summed E-state index contributed by atoms with van der Waals surface area (Å²) in [5, 5.41) is 0. The zero-order valence-corrected chi connectivity index (χ0v) is 8.53. The maximum Gasteiger partial charge on any atom is 0.00155 e. The fourth-order valence-corrected chi connectivity index (χ4v) is 2.18. The van der Waals surface area contributed by atoms with E-state index in [9.17, 15) is 0 Å². The molecule has 2 atom stereocenters. The van der Waals surface area contributed by atoms with E-state index in [2.05, 4.69) is 44.2 Å². The molecule has 2 rings (SSSR count). The third-order valence-corrected chi connectivity index (χ3v) is 3.11. The molecule has 0 spiro atoms. The first-order chi connectivity index (χ1) is 6.27. The van der Waals surface area contributed by atoms with Gasteiger partial charge in [-0.3, -0.25) is 0 Å². The van der Waals surface area contributed by atoms with E-state index in [0.717, 1.165) is 5.92 Å². The van der Waals surface area contributed by atoms with Crippen LogP contribution in [0.4, 0.5) is 0 Å². The molecule has 0 aromatic carbocycles. The van der Waals surface area contributed by atoms with E-state index in [1.54, 1.807) is 0 Å². The van der Waals surface area contributed by atoms with E-state index in [1.807, 2.05) is 0 Å². The smallest absolute Gasteiger partial charge is 0.00155 e. The van der Waals surface area contributed by atoms with Crippen molar-refractivity contribution in [3.63, 3.8) is 0 Å². The molecule has 0 aromatic heterocycles. The van der Waals surface area contributed by atoms with Crippen molar-refractivity contribution in [3.05, 3.63) is 36.0 Å². The van der Waals surface area contributed by atoms with Crippen molar-refractivity contribution < 1.29 is 0 Å². The molecule has 0 saturated heterocycles. The van der Waals surface area contributed by atoms with Gasteiger partial charge in [-0.1, -0.05) is 44.2 Å². The number of rotatable bonds is 1. The Labute approximate surface area is 81.0 Å². The van der Waals surface area contributed by atoms with Crippen LogP contribution in [0.5, 0.6) is 0 Å². The van der Waals surface area contributed by atoms with Gasteiger partial charge in [0.1, 0.15) is 0 Å². The number of allylic oxidation sites excluding steroid dienone is 6. The standard InChI is InChI=1S/C13H18/c1-10(2)12-8-7-11-5-3-4-6-13(11)9-12/h4,6-11,13H,3,5H2,1-2H3. The fourth-order valence-electron chi connectivity index (χ4n) is 2.18. The van der Waals surface area contributed by atoms with E-state index in [4.69, 9.17) is 0 Å². The Balaban J connectivity index is 2.20. The normalized spacial score (nSPS) is 31.8. The number of hydrogen-bond acceptors (Lipinski definition) is 0. The van der Waals surface area contributed by atoms with Gasteiger partial charge in [-0.05, 0) is 30.3 Å². The van der Waals surface area contributed by atoms with Gasteiger partial charge < -0.3 is 0 Å². The zero-order valence-electron chi connectivity index (χ0n) is 8.53. The topological polar surface area (TPSA) is 0 Å². The van der Waals surface area contributed by atoms with Gasteiger partial charge in [0.05, 0.1) is 0 Å². The minimum atomic E-state index is 0.674. The molecule has 0 N–H and O–H groups in total. The SMILES string of the molecule is CC(C)C1=CC2C=CCCC2C=C1. The van der Waals surface area contributed by atoms with E-state index in [0.29, 0.717) is 11.8 Å². The van der Waals surface area contributed by atoms with Crippen LogP contribution >= 0.6 is 0 Å². The van der Waals surface area contributed by atoms with Gasteiger partial charge in [0.25, 0.3) is 0 Å². The predicted molar refractivity (Wildman–Crippen MR) is 57.4 cm³/mol. The average molecular weight is 174 g/mol. The predicted octanol–water partition coefficient (Wildman–Crippen LogP) is 3.72. The Hall–Kier alpha value is -0.780. The van der Waals surface area contributed by atoms with E-state index >= 15 is 0 Å². The van der Waals surface area contributed by atoms with Crippen LogP contribution in [0.3, 0.4) is 0 Å². The van der Waals surface area contributed by atoms with Gasteiger partial charge in [0, 0.05) is 5.92 Å². The van der Waals surface area contributed by atoms with Gasteiger partial charge in [0.2, 0.25) is 0 Å². The number of fused-ring (bicyclic) bond motifs is 1. The van der Waals surface area contributed by atoms with Gasteiger partial charge in [-0.25, -0.2) is 0 Å². The summed E-state index contributed by atoms with van der Waals surface area (Å²) in [7, 11) is 0. The van der Waals surface area contributed by atoms with Crippen molar-refractivity contribution in [2.75, 3.05) is 0 Å². The molecule has 2 aliphatic rings. The quantitative estimate of drug-likeness (QED) is 0.531. The first-order valence-electron chi connectivity index (χ1n) is 5.34. The highest BCUT2D eigenvalue weighted by molar-refractivity contribution is 5.30. The van der Waals surface area contributed by atoms with Crippen molar-refractivity contribution in [1.82, 2.24) is 0 Å². The van der Waals surface area contributed by atoms with Crippen LogP contribution in [-0.2, 0) is 0 Å². The average Bonchev–Trinajstić information content (AvgIpc) is 2.17. The summed E-state index contributed by atoms with van der Waals surface area (Å²) in [6.45, 7) is 4.53. The zero-order chi connectivity index (χ0) is 9.26. The highest BCUT2D eigenvalue weighted by Gasteiger charge is 2.20. The second-order valence-corrected chi connectivity index (χ2v) is 4.43. The summed E-state index contributed by atoms with van der Waals surface area (Å²) in [5.74, 6) is 2.15. The fraction of sp³-hybridized carbons (Fsp3) is 0.538. The highest BCUT2D eigenvalue weighted by atomic mass is 14.3. The molecule has 0 amide bonds. The minimum Gasteiger partial charge on any atom is -0.0879 e. The molecule has 0 fully saturated rings. The summed E-state index contributed by atoms with van der Waals surface area (Å²) in [5.41, 5.74) is 1.51. The second-order valence-electron chi connectivity index (χ2n) is 4.43. The van der Waals surface area contributed by atoms with Crippen LogP contribution in [-0.4, -0.2) is 0 Å². The summed E-state index contributed by atoms with van der Waals surface area (Å²) < 4.78 is 0. The Morgan fingerprint density at radius 2 is 2.15 bits per heavy atom. The van der Waals surface area contributed by atoms with Crippen LogP contribution < -0.4 is 0 Å². The maximum absolute atomic E-state index is 2.45. The summed E-state index contributed by atoms with van der Waals surface area (Å²) in [6.07, 6.45) is 14.5. The van der Waals surface area contributed by atoms with Crippen molar-refractivity contribution in [2.24, 2.45) is 17.8 Å². The molecule has 0 radical (unpaired) electrons. The molecular weight excluding hydrogens is 156 g/mol. The molecule has 70 valence electrons. The molecule has 0 nitrogen and oxygen atoms in total. The van der Waals surface area contributed by atoms with Gasteiger partial charge in [-0.2, -0.15) is 0 Å². The molecule has 0 saturated carbocycles. The molecule has 0 aromatic rings. The lowest BCUT2D eigenvalue weighted by Gasteiger charge is -2.27. The Morgan fingerprint density at radius 1 is 1.31 bits per heavy atom. The van der Waals surface area contributed by atoms with Gasteiger partial charge in [0.15, 0.2) is 0 Å². The summed E-state index contributed by atoms with van der Waals surface area (Å²) in [6, 6.07) is 0. The van der Waals surface area contributed by atoms with E-state index < -0.39 is 0 Å². The van der Waals surface area contributed by atoms with Crippen LogP contribution in [0, 0.1) is 17.8 Å². The van der Waals surface area contributed by atoms with Crippen molar-refractivity contribution in [1.29, 1.82) is 0 Å². The minimum absolute atomic E-state index is 0.674.